The first-order chi connectivity index (χ1) is 3.27. The molecule has 0 aliphatic heterocycles. The molecule has 0 aromatic carbocycles. The van der Waals surface area contributed by atoms with Crippen molar-refractivity contribution in [1.82, 2.24) is 6.64 Å². The van der Waals surface area contributed by atoms with Crippen LogP contribution in [0.1, 0.15) is 0 Å². The summed E-state index contributed by atoms with van der Waals surface area (Å²) in [5.74, 6) is 0. The van der Waals surface area contributed by atoms with Gasteiger partial charge in [-0.05, 0) is 7.05 Å². The Morgan fingerprint density at radius 3 is 2.43 bits per heavy atom. The Labute approximate surface area is 72.0 Å². The molecule has 0 aromatic rings. The van der Waals surface area contributed by atoms with Gasteiger partial charge >= 0.3 is 0 Å². The van der Waals surface area contributed by atoms with E-state index in [1.807, 2.05) is 0 Å². The van der Waals surface area contributed by atoms with E-state index in [0.717, 1.165) is 13.1 Å². The molecule has 0 unspecified atom stereocenters. The quantitative estimate of drug-likeness (QED) is 0.620. The third kappa shape index (κ3) is 7.38. The van der Waals surface area contributed by atoms with Gasteiger partial charge in [-0.2, -0.15) is 0 Å². The molecule has 0 bridgehead atoms. The van der Waals surface area contributed by atoms with Crippen LogP contribution in [0.3, 0.4) is 0 Å². The lowest BCUT2D eigenvalue weighted by atomic mass is 10.7. The van der Waals surface area contributed by atoms with Crippen molar-refractivity contribution in [1.29, 1.82) is 0 Å². The van der Waals surface area contributed by atoms with Crippen molar-refractivity contribution in [2.75, 3.05) is 20.1 Å². The summed E-state index contributed by atoms with van der Waals surface area (Å²) >= 11 is 4.40. The number of hydrogen-bond donors (Lipinski definition) is 1. The molecule has 44 valence electrons. The van der Waals surface area contributed by atoms with E-state index in [-0.39, 0.29) is 0 Å². The highest BCUT2D eigenvalue weighted by atomic mass is 127. The van der Waals surface area contributed by atoms with Crippen LogP contribution in [0, 0.1) is 0 Å². The second-order valence-corrected chi connectivity index (χ2v) is 3.62. The summed E-state index contributed by atoms with van der Waals surface area (Å²) in [4.78, 5) is 0. The molecule has 1 N–H and O–H groups in total. The minimum Gasteiger partial charge on any atom is -0.260 e. The van der Waals surface area contributed by atoms with Crippen molar-refractivity contribution in [2.24, 2.45) is 0 Å². The standard InChI is InChI=1S/C3H8I2N2/c1-7(5)3-2-6-4/h6H,2-3H2,1H3. The minimum atomic E-state index is 1.06. The molecule has 0 aromatic heterocycles. The molecule has 2 nitrogen and oxygen atoms in total. The second kappa shape index (κ2) is 5.52. The first-order valence-corrected chi connectivity index (χ1v) is 4.02. The summed E-state index contributed by atoms with van der Waals surface area (Å²) in [5, 5.41) is 0. The molecule has 0 fully saturated rings. The van der Waals surface area contributed by atoms with Gasteiger partial charge in [0.15, 0.2) is 0 Å². The van der Waals surface area contributed by atoms with Gasteiger partial charge in [0, 0.05) is 58.8 Å². The highest BCUT2D eigenvalue weighted by Gasteiger charge is 1.85. The van der Waals surface area contributed by atoms with Crippen LogP contribution in [0.15, 0.2) is 0 Å². The zero-order valence-electron chi connectivity index (χ0n) is 4.12. The maximum absolute atomic E-state index is 3.02. The Morgan fingerprint density at radius 1 is 1.71 bits per heavy atom. The highest BCUT2D eigenvalue weighted by molar-refractivity contribution is 14.1. The zero-order chi connectivity index (χ0) is 5.70. The molecule has 7 heavy (non-hydrogen) atoms. The molecule has 0 aliphatic carbocycles. The highest BCUT2D eigenvalue weighted by Crippen LogP contribution is 1.88. The first-order valence-electron chi connectivity index (χ1n) is 1.98. The van der Waals surface area contributed by atoms with Crippen LogP contribution in [0.25, 0.3) is 0 Å². The van der Waals surface area contributed by atoms with E-state index in [1.165, 1.54) is 0 Å². The van der Waals surface area contributed by atoms with Crippen LogP contribution in [-0.2, 0) is 0 Å². The van der Waals surface area contributed by atoms with Crippen molar-refractivity contribution < 1.29 is 0 Å². The maximum atomic E-state index is 3.02. The lowest BCUT2D eigenvalue weighted by Crippen LogP contribution is -2.15. The smallest absolute Gasteiger partial charge is 0.0211 e. The number of hydrogen-bond acceptors (Lipinski definition) is 2. The Hall–Kier alpha value is 1.38. The van der Waals surface area contributed by atoms with Crippen LogP contribution in [0.5, 0.6) is 0 Å². The average Bonchev–Trinajstić information content (AvgIpc) is 1.61. The number of likely N-dealkylation sites (N-methyl/N-ethyl adjacent to an activating group) is 1. The van der Waals surface area contributed by atoms with Crippen LogP contribution in [-0.4, -0.2) is 23.3 Å². The van der Waals surface area contributed by atoms with Crippen LogP contribution >= 0.6 is 45.7 Å². The van der Waals surface area contributed by atoms with E-state index < -0.39 is 0 Å². The molecule has 4 heteroatoms. The number of rotatable bonds is 3. The Balaban J connectivity index is 2.68. The fourth-order valence-corrected chi connectivity index (χ4v) is 0.679. The lowest BCUT2D eigenvalue weighted by Gasteiger charge is -2.03. The molecule has 0 rings (SSSR count). The monoisotopic (exact) mass is 326 g/mol. The summed E-state index contributed by atoms with van der Waals surface area (Å²) < 4.78 is 5.14. The summed E-state index contributed by atoms with van der Waals surface area (Å²) in [5.41, 5.74) is 0. The SMILES string of the molecule is CN(I)CCNI. The normalized spacial score (nSPS) is 10.3. The minimum absolute atomic E-state index is 1.06. The van der Waals surface area contributed by atoms with E-state index in [2.05, 4.69) is 59.4 Å². The molecule has 0 heterocycles. The van der Waals surface area contributed by atoms with E-state index in [0.29, 0.717) is 0 Å². The van der Waals surface area contributed by atoms with Gasteiger partial charge in [0.25, 0.3) is 0 Å². The Kier molecular flexibility index (Phi) is 6.60. The van der Waals surface area contributed by atoms with E-state index >= 15 is 0 Å². The van der Waals surface area contributed by atoms with Gasteiger partial charge in [-0.1, -0.05) is 0 Å². The van der Waals surface area contributed by atoms with Crippen molar-refractivity contribution in [3.05, 3.63) is 0 Å². The summed E-state index contributed by atoms with van der Waals surface area (Å²) in [6.07, 6.45) is 0. The fourth-order valence-electron chi connectivity index (χ4n) is 0.196. The van der Waals surface area contributed by atoms with Crippen molar-refractivity contribution in [3.63, 3.8) is 0 Å². The average molecular weight is 326 g/mol. The van der Waals surface area contributed by atoms with E-state index in [1.54, 1.807) is 0 Å². The number of nitrogens with zero attached hydrogens (tertiary/aromatic N) is 1. The summed E-state index contributed by atoms with van der Waals surface area (Å²) in [7, 11) is 2.05. The van der Waals surface area contributed by atoms with Gasteiger partial charge in [0.1, 0.15) is 0 Å². The maximum Gasteiger partial charge on any atom is 0.0211 e. The molecule has 0 radical (unpaired) electrons. The third-order valence-corrected chi connectivity index (χ3v) is 1.54. The summed E-state index contributed by atoms with van der Waals surface area (Å²) in [6.45, 7) is 2.16. The van der Waals surface area contributed by atoms with Gasteiger partial charge in [-0.25, -0.2) is 3.11 Å². The van der Waals surface area contributed by atoms with Gasteiger partial charge < -0.3 is 0 Å². The molecule has 0 amide bonds. The first kappa shape index (κ1) is 8.38. The molecule has 0 spiro atoms. The molecular formula is C3H8I2N2. The Bertz CT molecular complexity index is 39.9. The van der Waals surface area contributed by atoms with Crippen LogP contribution in [0.2, 0.25) is 0 Å². The van der Waals surface area contributed by atoms with Crippen molar-refractivity contribution in [3.8, 4) is 0 Å². The third-order valence-electron chi connectivity index (χ3n) is 0.514. The van der Waals surface area contributed by atoms with Gasteiger partial charge in [0.2, 0.25) is 0 Å². The second-order valence-electron chi connectivity index (χ2n) is 1.21. The molecular weight excluding hydrogens is 318 g/mol. The lowest BCUT2D eigenvalue weighted by molar-refractivity contribution is 0.613. The number of halogens is 2. The predicted molar refractivity (Wildman–Crippen MR) is 48.7 cm³/mol. The number of nitrogens with one attached hydrogen (secondary N) is 1. The van der Waals surface area contributed by atoms with Crippen molar-refractivity contribution in [2.45, 2.75) is 0 Å². The Morgan fingerprint density at radius 2 is 2.29 bits per heavy atom. The van der Waals surface area contributed by atoms with Gasteiger partial charge in [-0.3, -0.25) is 3.53 Å². The zero-order valence-corrected chi connectivity index (χ0v) is 8.43. The van der Waals surface area contributed by atoms with Gasteiger partial charge in [-0.15, -0.1) is 0 Å². The van der Waals surface area contributed by atoms with E-state index in [9.17, 15) is 0 Å². The van der Waals surface area contributed by atoms with E-state index in [4.69, 9.17) is 0 Å². The topological polar surface area (TPSA) is 15.3 Å². The molecule has 0 saturated carbocycles. The summed E-state index contributed by atoms with van der Waals surface area (Å²) in [6, 6.07) is 0. The van der Waals surface area contributed by atoms with Crippen LogP contribution in [0.4, 0.5) is 0 Å². The van der Waals surface area contributed by atoms with Crippen LogP contribution < -0.4 is 3.53 Å². The van der Waals surface area contributed by atoms with Crippen molar-refractivity contribution >= 4 is 45.7 Å². The predicted octanol–water partition coefficient (Wildman–Crippen LogP) is 1.21. The van der Waals surface area contributed by atoms with Gasteiger partial charge in [0.05, 0.1) is 0 Å². The molecule has 0 atom stereocenters. The molecule has 0 aliphatic rings. The fraction of sp³-hybridized carbons (Fsp3) is 1.00. The largest absolute Gasteiger partial charge is 0.260 e. The molecule has 0 saturated heterocycles.